The van der Waals surface area contributed by atoms with Crippen LogP contribution in [-0.4, -0.2) is 50.5 Å². The molecule has 0 heterocycles. The van der Waals surface area contributed by atoms with Crippen molar-refractivity contribution in [3.8, 4) is 0 Å². The van der Waals surface area contributed by atoms with Gasteiger partial charge < -0.3 is 10.2 Å². The van der Waals surface area contributed by atoms with E-state index in [9.17, 15) is 18.0 Å². The molecule has 2 amide bonds. The van der Waals surface area contributed by atoms with Crippen molar-refractivity contribution in [2.75, 3.05) is 23.7 Å². The van der Waals surface area contributed by atoms with E-state index in [1.165, 1.54) is 17.0 Å². The second-order valence-corrected chi connectivity index (χ2v) is 12.9. The van der Waals surface area contributed by atoms with Crippen molar-refractivity contribution in [1.82, 2.24) is 10.2 Å². The highest BCUT2D eigenvalue weighted by Gasteiger charge is 2.33. The van der Waals surface area contributed by atoms with Gasteiger partial charge in [0.25, 0.3) is 0 Å². The van der Waals surface area contributed by atoms with Gasteiger partial charge in [0.2, 0.25) is 21.8 Å². The SMILES string of the molecule is Cc1cccc(CN(C(=O)CN(c2cccc(Cl)c2Cl)S(C)(=O)=O)C(Cc2ccccc2)C(=O)NCC(C)C)c1. The molecule has 7 nitrogen and oxygen atoms in total. The Kier molecular flexibility index (Phi) is 11.0. The number of benzene rings is 3. The smallest absolute Gasteiger partial charge is 0.244 e. The molecule has 1 atom stereocenters. The van der Waals surface area contributed by atoms with Crippen LogP contribution in [0, 0.1) is 12.8 Å². The van der Waals surface area contributed by atoms with Gasteiger partial charge in [-0.25, -0.2) is 8.42 Å². The Morgan fingerprint density at radius 3 is 2.20 bits per heavy atom. The first-order valence-electron chi connectivity index (χ1n) is 12.9. The van der Waals surface area contributed by atoms with Gasteiger partial charge in [-0.2, -0.15) is 0 Å². The number of rotatable bonds is 12. The molecule has 0 saturated heterocycles. The largest absolute Gasteiger partial charge is 0.354 e. The molecule has 1 N–H and O–H groups in total. The van der Waals surface area contributed by atoms with Crippen LogP contribution in [0.15, 0.2) is 72.8 Å². The fourth-order valence-corrected chi connectivity index (χ4v) is 5.57. The van der Waals surface area contributed by atoms with Gasteiger partial charge in [0.1, 0.15) is 12.6 Å². The van der Waals surface area contributed by atoms with Crippen molar-refractivity contribution in [3.63, 3.8) is 0 Å². The Labute approximate surface area is 247 Å². The fourth-order valence-electron chi connectivity index (χ4n) is 4.26. The molecule has 0 aromatic heterocycles. The van der Waals surface area contributed by atoms with Crippen LogP contribution in [0.3, 0.4) is 0 Å². The molecular formula is C30H35Cl2N3O4S. The number of halogens is 2. The van der Waals surface area contributed by atoms with Crippen molar-refractivity contribution in [3.05, 3.63) is 99.5 Å². The number of nitrogens with one attached hydrogen (secondary N) is 1. The zero-order valence-electron chi connectivity index (χ0n) is 23.1. The van der Waals surface area contributed by atoms with Gasteiger partial charge in [-0.15, -0.1) is 0 Å². The van der Waals surface area contributed by atoms with E-state index in [2.05, 4.69) is 5.32 Å². The molecule has 0 fully saturated rings. The molecule has 10 heteroatoms. The van der Waals surface area contributed by atoms with E-state index in [4.69, 9.17) is 23.2 Å². The zero-order chi connectivity index (χ0) is 29.4. The van der Waals surface area contributed by atoms with Crippen LogP contribution in [0.4, 0.5) is 5.69 Å². The van der Waals surface area contributed by atoms with Crippen molar-refractivity contribution < 1.29 is 18.0 Å². The number of hydrogen-bond acceptors (Lipinski definition) is 4. The minimum Gasteiger partial charge on any atom is -0.354 e. The van der Waals surface area contributed by atoms with E-state index in [0.717, 1.165) is 27.3 Å². The van der Waals surface area contributed by atoms with Crippen LogP contribution < -0.4 is 9.62 Å². The Morgan fingerprint density at radius 1 is 0.925 bits per heavy atom. The number of nitrogens with zero attached hydrogens (tertiary/aromatic N) is 2. The third-order valence-electron chi connectivity index (χ3n) is 6.27. The van der Waals surface area contributed by atoms with Gasteiger partial charge in [0.15, 0.2) is 0 Å². The molecule has 0 aliphatic heterocycles. The maximum atomic E-state index is 14.1. The first kappa shape index (κ1) is 31.5. The van der Waals surface area contributed by atoms with Crippen LogP contribution in [0.5, 0.6) is 0 Å². The van der Waals surface area contributed by atoms with E-state index in [-0.39, 0.29) is 40.5 Å². The lowest BCUT2D eigenvalue weighted by Crippen LogP contribution is -2.53. The minimum atomic E-state index is -3.95. The molecule has 0 aliphatic rings. The number of amides is 2. The summed E-state index contributed by atoms with van der Waals surface area (Å²) in [5.74, 6) is -0.665. The predicted molar refractivity (Wildman–Crippen MR) is 162 cm³/mol. The number of anilines is 1. The van der Waals surface area contributed by atoms with Crippen molar-refractivity contribution in [2.24, 2.45) is 5.92 Å². The summed E-state index contributed by atoms with van der Waals surface area (Å²) in [4.78, 5) is 29.2. The van der Waals surface area contributed by atoms with Crippen LogP contribution in [0.2, 0.25) is 10.0 Å². The van der Waals surface area contributed by atoms with E-state index < -0.39 is 28.5 Å². The van der Waals surface area contributed by atoms with Crippen molar-refractivity contribution in [2.45, 2.75) is 39.8 Å². The van der Waals surface area contributed by atoms with Gasteiger partial charge in [0.05, 0.1) is 22.0 Å². The quantitative estimate of drug-likeness (QED) is 0.297. The molecule has 3 aromatic rings. The summed E-state index contributed by atoms with van der Waals surface area (Å²) in [7, 11) is -3.95. The monoisotopic (exact) mass is 603 g/mol. The van der Waals surface area contributed by atoms with Gasteiger partial charge in [0, 0.05) is 19.5 Å². The molecule has 0 spiro atoms. The lowest BCUT2D eigenvalue weighted by atomic mass is 10.0. The number of sulfonamides is 1. The van der Waals surface area contributed by atoms with Crippen LogP contribution in [0.25, 0.3) is 0 Å². The Hall–Kier alpha value is -3.07. The third-order valence-corrected chi connectivity index (χ3v) is 8.21. The maximum absolute atomic E-state index is 14.1. The molecule has 0 saturated carbocycles. The fraction of sp³-hybridized carbons (Fsp3) is 0.333. The molecule has 1 unspecified atom stereocenters. The highest BCUT2D eigenvalue weighted by atomic mass is 35.5. The second kappa shape index (κ2) is 14.0. The topological polar surface area (TPSA) is 86.8 Å². The number of aryl methyl sites for hydroxylation is 1. The van der Waals surface area contributed by atoms with Crippen molar-refractivity contribution in [1.29, 1.82) is 0 Å². The summed E-state index contributed by atoms with van der Waals surface area (Å²) in [6, 6.07) is 20.7. The lowest BCUT2D eigenvalue weighted by Gasteiger charge is -2.34. The van der Waals surface area contributed by atoms with Crippen molar-refractivity contribution >= 4 is 50.7 Å². The van der Waals surface area contributed by atoms with Crippen LogP contribution >= 0.6 is 23.2 Å². The first-order valence-corrected chi connectivity index (χ1v) is 15.6. The Balaban J connectivity index is 2.07. The summed E-state index contributed by atoms with van der Waals surface area (Å²) in [5, 5.41) is 3.14. The predicted octanol–water partition coefficient (Wildman–Crippen LogP) is 5.48. The maximum Gasteiger partial charge on any atom is 0.244 e. The van der Waals surface area contributed by atoms with Gasteiger partial charge in [-0.05, 0) is 36.1 Å². The van der Waals surface area contributed by atoms with Crippen LogP contribution in [0.1, 0.15) is 30.5 Å². The molecular weight excluding hydrogens is 569 g/mol. The molecule has 0 radical (unpaired) electrons. The minimum absolute atomic E-state index is 0.0168. The Morgan fingerprint density at radius 2 is 1.57 bits per heavy atom. The normalized spacial score (nSPS) is 12.2. The molecule has 214 valence electrons. The highest BCUT2D eigenvalue weighted by Crippen LogP contribution is 2.34. The van der Waals surface area contributed by atoms with E-state index in [0.29, 0.717) is 6.54 Å². The molecule has 3 rings (SSSR count). The summed E-state index contributed by atoms with van der Waals surface area (Å²) >= 11 is 12.5. The highest BCUT2D eigenvalue weighted by molar-refractivity contribution is 7.92. The number of carbonyl (C=O) groups excluding carboxylic acids is 2. The average Bonchev–Trinajstić information content (AvgIpc) is 2.89. The summed E-state index contributed by atoms with van der Waals surface area (Å²) in [6.07, 6.45) is 1.25. The summed E-state index contributed by atoms with van der Waals surface area (Å²) < 4.78 is 26.7. The lowest BCUT2D eigenvalue weighted by molar-refractivity contribution is -0.140. The van der Waals surface area contributed by atoms with E-state index in [1.807, 2.05) is 75.4 Å². The Bertz CT molecular complexity index is 1430. The zero-order valence-corrected chi connectivity index (χ0v) is 25.4. The molecule has 0 aliphatic carbocycles. The first-order chi connectivity index (χ1) is 18.9. The van der Waals surface area contributed by atoms with E-state index in [1.54, 1.807) is 6.07 Å². The second-order valence-electron chi connectivity index (χ2n) is 10.2. The molecule has 3 aromatic carbocycles. The van der Waals surface area contributed by atoms with E-state index >= 15 is 0 Å². The van der Waals surface area contributed by atoms with Gasteiger partial charge >= 0.3 is 0 Å². The summed E-state index contributed by atoms with van der Waals surface area (Å²) in [6.45, 7) is 5.90. The summed E-state index contributed by atoms with van der Waals surface area (Å²) in [5.41, 5.74) is 2.77. The van der Waals surface area contributed by atoms with Gasteiger partial charge in [-0.3, -0.25) is 13.9 Å². The molecule has 40 heavy (non-hydrogen) atoms. The third kappa shape index (κ3) is 8.71. The number of hydrogen-bond donors (Lipinski definition) is 1. The van der Waals surface area contributed by atoms with Crippen LogP contribution in [-0.2, 0) is 32.6 Å². The standard InChI is InChI=1S/C30H35Cl2N3O4S/c1-21(2)18-33-30(37)27(17-23-11-6-5-7-12-23)34(19-24-13-8-10-22(3)16-24)28(36)20-35(40(4,38)39)26-15-9-14-25(31)29(26)32/h5-16,21,27H,17-20H2,1-4H3,(H,33,37). The van der Waals surface area contributed by atoms with Gasteiger partial charge in [-0.1, -0.05) is 103 Å². The average molecular weight is 605 g/mol. The number of carbonyl (C=O) groups is 2. The molecule has 0 bridgehead atoms.